The molecule has 0 fully saturated rings. The fourth-order valence-corrected chi connectivity index (χ4v) is 2.69. The predicted octanol–water partition coefficient (Wildman–Crippen LogP) is 2.47. The van der Waals surface area contributed by atoms with Crippen LogP contribution < -0.4 is 0 Å². The van der Waals surface area contributed by atoms with Crippen molar-refractivity contribution in [1.29, 1.82) is 0 Å². The lowest BCUT2D eigenvalue weighted by atomic mass is 9.89. The molecular weight excluding hydrogens is 348 g/mol. The Morgan fingerprint density at radius 1 is 1.19 bits per heavy atom. The summed E-state index contributed by atoms with van der Waals surface area (Å²) in [6.45, 7) is 10.5. The minimum Gasteiger partial charge on any atom is -0.455 e. The summed E-state index contributed by atoms with van der Waals surface area (Å²) in [7, 11) is 1.38. The summed E-state index contributed by atoms with van der Waals surface area (Å²) >= 11 is 0. The highest BCUT2D eigenvalue weighted by molar-refractivity contribution is 5.68. The van der Waals surface area contributed by atoms with Gasteiger partial charge in [-0.3, -0.25) is 9.59 Å². The summed E-state index contributed by atoms with van der Waals surface area (Å²) in [6, 6.07) is 0. The molecule has 1 aliphatic rings. The average Bonchev–Trinajstić information content (AvgIpc) is 2.54. The fraction of sp³-hybridized carbons (Fsp3) is 0.524. The molecule has 0 aromatic carbocycles. The SMILES string of the molecule is C=C(C#CC1=C[C@@H](O)[C@@H](OC)[C@H](OC(C)=O)[C@@H]1OC(C)=O)CCC=C(C)C. The van der Waals surface area contributed by atoms with Crippen LogP contribution >= 0.6 is 0 Å². The molecule has 0 aromatic heterocycles. The second-order valence-electron chi connectivity index (χ2n) is 6.59. The third kappa shape index (κ3) is 7.41. The molecule has 0 heterocycles. The first-order chi connectivity index (χ1) is 12.6. The maximum Gasteiger partial charge on any atom is 0.303 e. The van der Waals surface area contributed by atoms with Crippen LogP contribution in [0.4, 0.5) is 0 Å². The van der Waals surface area contributed by atoms with Gasteiger partial charge in [-0.05, 0) is 38.3 Å². The number of carbonyl (C=O) groups excluding carboxylic acids is 2. The number of aliphatic hydroxyl groups excluding tert-OH is 1. The Balaban J connectivity index is 3.11. The zero-order valence-electron chi connectivity index (χ0n) is 16.6. The summed E-state index contributed by atoms with van der Waals surface area (Å²) in [5.74, 6) is 4.70. The largest absolute Gasteiger partial charge is 0.455 e. The fourth-order valence-electron chi connectivity index (χ4n) is 2.69. The third-order valence-corrected chi connectivity index (χ3v) is 3.87. The second-order valence-corrected chi connectivity index (χ2v) is 6.59. The number of hydrogen-bond acceptors (Lipinski definition) is 6. The Bertz CT molecular complexity index is 687. The minimum atomic E-state index is -1.06. The highest BCUT2D eigenvalue weighted by atomic mass is 16.6. The number of aliphatic hydroxyl groups is 1. The van der Waals surface area contributed by atoms with Crippen molar-refractivity contribution < 1.29 is 28.9 Å². The van der Waals surface area contributed by atoms with Gasteiger partial charge in [0.2, 0.25) is 0 Å². The first-order valence-corrected chi connectivity index (χ1v) is 8.75. The lowest BCUT2D eigenvalue weighted by Crippen LogP contribution is -2.52. The van der Waals surface area contributed by atoms with E-state index in [1.807, 2.05) is 13.8 Å². The smallest absolute Gasteiger partial charge is 0.303 e. The highest BCUT2D eigenvalue weighted by Crippen LogP contribution is 2.27. The van der Waals surface area contributed by atoms with Gasteiger partial charge in [0.1, 0.15) is 12.2 Å². The molecule has 1 aliphatic carbocycles. The average molecular weight is 376 g/mol. The molecule has 6 nitrogen and oxygen atoms in total. The monoisotopic (exact) mass is 376 g/mol. The first kappa shape index (κ1) is 22.7. The van der Waals surface area contributed by atoms with E-state index in [4.69, 9.17) is 14.2 Å². The van der Waals surface area contributed by atoms with Crippen molar-refractivity contribution in [2.75, 3.05) is 7.11 Å². The molecule has 0 saturated heterocycles. The number of rotatable bonds is 6. The summed E-state index contributed by atoms with van der Waals surface area (Å²) in [4.78, 5) is 23.0. The van der Waals surface area contributed by atoms with Crippen LogP contribution in [0.15, 0.2) is 35.5 Å². The van der Waals surface area contributed by atoms with E-state index in [1.54, 1.807) is 0 Å². The topological polar surface area (TPSA) is 82.1 Å². The van der Waals surface area contributed by atoms with Gasteiger partial charge in [0.05, 0.1) is 0 Å². The van der Waals surface area contributed by atoms with E-state index in [9.17, 15) is 14.7 Å². The van der Waals surface area contributed by atoms with E-state index in [0.29, 0.717) is 17.6 Å². The highest BCUT2D eigenvalue weighted by Gasteiger charge is 2.44. The first-order valence-electron chi connectivity index (χ1n) is 8.75. The number of carbonyl (C=O) groups is 2. The van der Waals surface area contributed by atoms with Crippen LogP contribution in [0.1, 0.15) is 40.5 Å². The van der Waals surface area contributed by atoms with Crippen LogP contribution in [0.25, 0.3) is 0 Å². The van der Waals surface area contributed by atoms with Crippen LogP contribution in [0.2, 0.25) is 0 Å². The van der Waals surface area contributed by atoms with Crippen LogP contribution in [0.3, 0.4) is 0 Å². The van der Waals surface area contributed by atoms with E-state index in [-0.39, 0.29) is 0 Å². The van der Waals surface area contributed by atoms with Crippen LogP contribution in [-0.2, 0) is 23.8 Å². The molecular formula is C21H28O6. The lowest BCUT2D eigenvalue weighted by molar-refractivity contribution is -0.180. The van der Waals surface area contributed by atoms with E-state index in [0.717, 1.165) is 6.42 Å². The number of ether oxygens (including phenoxy) is 3. The van der Waals surface area contributed by atoms with Gasteiger partial charge in [0, 0.05) is 26.5 Å². The second kappa shape index (κ2) is 10.7. The van der Waals surface area contributed by atoms with Crippen molar-refractivity contribution in [3.8, 4) is 11.8 Å². The maximum atomic E-state index is 11.5. The summed E-state index contributed by atoms with van der Waals surface area (Å²) < 4.78 is 15.8. The zero-order chi connectivity index (χ0) is 20.6. The Morgan fingerprint density at radius 2 is 1.81 bits per heavy atom. The maximum absolute atomic E-state index is 11.5. The molecule has 6 heteroatoms. The molecule has 1 N–H and O–H groups in total. The third-order valence-electron chi connectivity index (χ3n) is 3.87. The number of hydrogen-bond donors (Lipinski definition) is 1. The van der Waals surface area contributed by atoms with Crippen LogP contribution in [0, 0.1) is 11.8 Å². The van der Waals surface area contributed by atoms with E-state index < -0.39 is 36.4 Å². The lowest BCUT2D eigenvalue weighted by Gasteiger charge is -2.37. The molecule has 148 valence electrons. The van der Waals surface area contributed by atoms with Gasteiger partial charge in [0.15, 0.2) is 12.2 Å². The van der Waals surface area contributed by atoms with E-state index in [1.165, 1.54) is 32.6 Å². The van der Waals surface area contributed by atoms with Crippen molar-refractivity contribution in [3.05, 3.63) is 35.5 Å². The molecule has 1 rings (SSSR count). The van der Waals surface area contributed by atoms with Crippen LogP contribution in [-0.4, -0.2) is 48.6 Å². The van der Waals surface area contributed by atoms with Gasteiger partial charge < -0.3 is 19.3 Å². The van der Waals surface area contributed by atoms with E-state index in [2.05, 4.69) is 24.5 Å². The Morgan fingerprint density at radius 3 is 2.33 bits per heavy atom. The summed E-state index contributed by atoms with van der Waals surface area (Å²) in [6.07, 6.45) is 1.18. The van der Waals surface area contributed by atoms with Gasteiger partial charge >= 0.3 is 11.9 Å². The summed E-state index contributed by atoms with van der Waals surface area (Å²) in [5.41, 5.74) is 2.28. The molecule has 0 unspecified atom stereocenters. The number of methoxy groups -OCH3 is 1. The molecule has 0 amide bonds. The molecule has 0 saturated carbocycles. The Kier molecular flexibility index (Phi) is 8.99. The molecule has 4 atom stereocenters. The standard InChI is InChI=1S/C21H28O6/c1-13(2)8-7-9-14(3)10-11-17-12-18(24)20(25-6)21(27-16(5)23)19(17)26-15(4)22/h8,12,18-21,24H,3,7,9H2,1-2,4-6H3/t18-,19-,20-,21-/m1/s1. The Labute approximate surface area is 160 Å². The predicted molar refractivity (Wildman–Crippen MR) is 102 cm³/mol. The summed E-state index contributed by atoms with van der Waals surface area (Å²) in [5, 5.41) is 10.3. The van der Waals surface area contributed by atoms with Crippen molar-refractivity contribution in [2.45, 2.75) is 65.0 Å². The van der Waals surface area contributed by atoms with Gasteiger partial charge in [0.25, 0.3) is 0 Å². The minimum absolute atomic E-state index is 0.348. The van der Waals surface area contributed by atoms with E-state index >= 15 is 0 Å². The molecule has 0 aromatic rings. The van der Waals surface area contributed by atoms with Crippen molar-refractivity contribution in [1.82, 2.24) is 0 Å². The molecule has 0 aliphatic heterocycles. The number of esters is 2. The van der Waals surface area contributed by atoms with Gasteiger partial charge in [-0.2, -0.15) is 0 Å². The van der Waals surface area contributed by atoms with Gasteiger partial charge in [-0.15, -0.1) is 0 Å². The molecule has 27 heavy (non-hydrogen) atoms. The number of allylic oxidation sites excluding steroid dienone is 3. The van der Waals surface area contributed by atoms with Crippen LogP contribution in [0.5, 0.6) is 0 Å². The van der Waals surface area contributed by atoms with Gasteiger partial charge in [-0.25, -0.2) is 0 Å². The quantitative estimate of drug-likeness (QED) is 0.436. The Hall–Kier alpha value is -2.36. The molecule has 0 bridgehead atoms. The van der Waals surface area contributed by atoms with Crippen molar-refractivity contribution in [2.24, 2.45) is 0 Å². The molecule has 0 radical (unpaired) electrons. The van der Waals surface area contributed by atoms with Crippen molar-refractivity contribution >= 4 is 11.9 Å². The molecule has 0 spiro atoms. The normalized spacial score (nSPS) is 24.0. The van der Waals surface area contributed by atoms with Gasteiger partial charge in [-0.1, -0.05) is 30.1 Å². The zero-order valence-corrected chi connectivity index (χ0v) is 16.6. The van der Waals surface area contributed by atoms with Crippen molar-refractivity contribution in [3.63, 3.8) is 0 Å².